The third kappa shape index (κ3) is 2.76. The number of aromatic nitrogens is 2. The van der Waals surface area contributed by atoms with Crippen LogP contribution >= 0.6 is 11.6 Å². The topological polar surface area (TPSA) is 59.2 Å². The molecule has 2 aromatic heterocycles. The maximum atomic E-state index is 14.1. The van der Waals surface area contributed by atoms with E-state index in [4.69, 9.17) is 16.1 Å². The van der Waals surface area contributed by atoms with E-state index in [-0.39, 0.29) is 29.1 Å². The van der Waals surface area contributed by atoms with Crippen LogP contribution in [-0.2, 0) is 11.2 Å². The van der Waals surface area contributed by atoms with Gasteiger partial charge in [-0.15, -0.1) is 0 Å². The lowest BCUT2D eigenvalue weighted by atomic mass is 10.1. The fraction of sp³-hybridized carbons (Fsp3) is 0.357. The van der Waals surface area contributed by atoms with Crippen LogP contribution in [0.1, 0.15) is 30.3 Å². The number of hydrogen-bond donors (Lipinski definition) is 0. The summed E-state index contributed by atoms with van der Waals surface area (Å²) in [5.74, 6) is -0.669. The van der Waals surface area contributed by atoms with Crippen LogP contribution in [0.2, 0.25) is 5.02 Å². The van der Waals surface area contributed by atoms with Gasteiger partial charge in [-0.25, -0.2) is 4.39 Å². The molecule has 110 valence electrons. The molecule has 0 aliphatic carbocycles. The molecular weight excluding hydrogens is 297 g/mol. The van der Waals surface area contributed by atoms with E-state index < -0.39 is 5.82 Å². The van der Waals surface area contributed by atoms with Crippen LogP contribution in [0.15, 0.2) is 29.1 Å². The molecule has 1 aliphatic heterocycles. The molecule has 1 aliphatic rings. The normalized spacial score (nSPS) is 18.2. The predicted molar refractivity (Wildman–Crippen MR) is 73.1 cm³/mol. The molecule has 0 N–H and O–H groups in total. The highest BCUT2D eigenvalue weighted by Gasteiger charge is 2.33. The monoisotopic (exact) mass is 309 g/mol. The Morgan fingerprint density at radius 3 is 3.14 bits per heavy atom. The molecule has 0 saturated carbocycles. The first-order chi connectivity index (χ1) is 10.2. The van der Waals surface area contributed by atoms with Crippen molar-refractivity contribution in [3.63, 3.8) is 0 Å². The van der Waals surface area contributed by atoms with Gasteiger partial charge in [-0.1, -0.05) is 16.8 Å². The first-order valence-corrected chi connectivity index (χ1v) is 7.03. The van der Waals surface area contributed by atoms with E-state index in [1.807, 2.05) is 0 Å². The van der Waals surface area contributed by atoms with Crippen LogP contribution in [0.4, 0.5) is 4.39 Å². The summed E-state index contributed by atoms with van der Waals surface area (Å²) in [6, 6.07) is 2.67. The Labute approximate surface area is 125 Å². The smallest absolute Gasteiger partial charge is 0.229 e. The highest BCUT2D eigenvalue weighted by molar-refractivity contribution is 6.30. The van der Waals surface area contributed by atoms with Crippen molar-refractivity contribution in [2.45, 2.75) is 25.3 Å². The number of carbonyl (C=O) groups excluding carboxylic acids is 1. The second kappa shape index (κ2) is 5.81. The number of amides is 1. The van der Waals surface area contributed by atoms with E-state index in [1.165, 1.54) is 18.5 Å². The average Bonchev–Trinajstić information content (AvgIpc) is 3.12. The van der Waals surface area contributed by atoms with Gasteiger partial charge in [-0.3, -0.25) is 9.78 Å². The van der Waals surface area contributed by atoms with E-state index in [0.717, 1.165) is 6.42 Å². The van der Waals surface area contributed by atoms with E-state index in [1.54, 1.807) is 11.0 Å². The summed E-state index contributed by atoms with van der Waals surface area (Å²) in [7, 11) is 0. The number of pyridine rings is 1. The van der Waals surface area contributed by atoms with Gasteiger partial charge in [-0.2, -0.15) is 0 Å². The highest BCUT2D eigenvalue weighted by Crippen LogP contribution is 2.34. The molecule has 3 rings (SSSR count). The molecule has 7 heteroatoms. The third-order valence-electron chi connectivity index (χ3n) is 3.58. The van der Waals surface area contributed by atoms with Gasteiger partial charge < -0.3 is 9.42 Å². The van der Waals surface area contributed by atoms with Crippen molar-refractivity contribution in [3.05, 3.63) is 46.8 Å². The van der Waals surface area contributed by atoms with Gasteiger partial charge in [0.25, 0.3) is 0 Å². The summed E-state index contributed by atoms with van der Waals surface area (Å²) in [6.45, 7) is 0.578. The third-order valence-corrected chi connectivity index (χ3v) is 3.87. The minimum absolute atomic E-state index is 0.0239. The summed E-state index contributed by atoms with van der Waals surface area (Å²) < 4.78 is 18.8. The van der Waals surface area contributed by atoms with Crippen LogP contribution in [-0.4, -0.2) is 27.5 Å². The standard InChI is InChI=1S/C14H13ClFN3O2/c15-10-3-5-17-14(13(10)16)11-2-1-6-19(11)12(20)8-9-4-7-21-18-9/h3-5,7,11H,1-2,6,8H2. The zero-order chi connectivity index (χ0) is 14.8. The zero-order valence-electron chi connectivity index (χ0n) is 11.1. The molecule has 3 heterocycles. The lowest BCUT2D eigenvalue weighted by Gasteiger charge is -2.24. The molecule has 0 spiro atoms. The van der Waals surface area contributed by atoms with Gasteiger partial charge in [0.05, 0.1) is 23.2 Å². The molecule has 21 heavy (non-hydrogen) atoms. The molecule has 1 unspecified atom stereocenters. The lowest BCUT2D eigenvalue weighted by Crippen LogP contribution is -2.32. The Morgan fingerprint density at radius 2 is 2.38 bits per heavy atom. The Kier molecular flexibility index (Phi) is 3.88. The first-order valence-electron chi connectivity index (χ1n) is 6.65. The Morgan fingerprint density at radius 1 is 1.52 bits per heavy atom. The number of hydrogen-bond acceptors (Lipinski definition) is 4. The van der Waals surface area contributed by atoms with Gasteiger partial charge in [0.2, 0.25) is 5.91 Å². The van der Waals surface area contributed by atoms with Crippen LogP contribution in [0.3, 0.4) is 0 Å². The minimum atomic E-state index is -0.551. The fourth-order valence-electron chi connectivity index (χ4n) is 2.60. The van der Waals surface area contributed by atoms with Crippen LogP contribution in [0.25, 0.3) is 0 Å². The highest BCUT2D eigenvalue weighted by atomic mass is 35.5. The summed E-state index contributed by atoms with van der Waals surface area (Å²) in [5.41, 5.74) is 0.790. The van der Waals surface area contributed by atoms with Gasteiger partial charge in [0.1, 0.15) is 12.0 Å². The molecule has 5 nitrogen and oxygen atoms in total. The molecule has 0 aromatic carbocycles. The fourth-order valence-corrected chi connectivity index (χ4v) is 2.76. The second-order valence-electron chi connectivity index (χ2n) is 4.90. The van der Waals surface area contributed by atoms with Crippen molar-refractivity contribution >= 4 is 17.5 Å². The Bertz CT molecular complexity index is 648. The van der Waals surface area contributed by atoms with Crippen LogP contribution < -0.4 is 0 Å². The van der Waals surface area contributed by atoms with Crippen molar-refractivity contribution in [2.75, 3.05) is 6.54 Å². The Hall–Kier alpha value is -1.95. The quantitative estimate of drug-likeness (QED) is 0.874. The lowest BCUT2D eigenvalue weighted by molar-refractivity contribution is -0.131. The number of rotatable bonds is 3. The molecule has 0 radical (unpaired) electrons. The van der Waals surface area contributed by atoms with Crippen molar-refractivity contribution in [2.24, 2.45) is 0 Å². The molecular formula is C14H13ClFN3O2. The van der Waals surface area contributed by atoms with Crippen molar-refractivity contribution < 1.29 is 13.7 Å². The number of halogens is 2. The summed E-state index contributed by atoms with van der Waals surface area (Å²) in [4.78, 5) is 18.1. The SMILES string of the molecule is O=C(Cc1ccon1)N1CCCC1c1nccc(Cl)c1F. The molecule has 2 aromatic rings. The molecule has 1 fully saturated rings. The van der Waals surface area contributed by atoms with Gasteiger partial charge in [-0.05, 0) is 18.9 Å². The van der Waals surface area contributed by atoms with Crippen molar-refractivity contribution in [3.8, 4) is 0 Å². The Balaban J connectivity index is 1.82. The van der Waals surface area contributed by atoms with Crippen LogP contribution in [0, 0.1) is 5.82 Å². The van der Waals surface area contributed by atoms with Crippen LogP contribution in [0.5, 0.6) is 0 Å². The first kappa shape index (κ1) is 14.0. The zero-order valence-corrected chi connectivity index (χ0v) is 11.9. The van der Waals surface area contributed by atoms with E-state index in [2.05, 4.69) is 10.1 Å². The van der Waals surface area contributed by atoms with E-state index >= 15 is 0 Å². The molecule has 1 amide bonds. The molecule has 1 atom stereocenters. The maximum Gasteiger partial charge on any atom is 0.229 e. The minimum Gasteiger partial charge on any atom is -0.364 e. The number of nitrogens with zero attached hydrogens (tertiary/aromatic N) is 3. The summed E-state index contributed by atoms with van der Waals surface area (Å²) in [6.07, 6.45) is 4.49. The largest absolute Gasteiger partial charge is 0.364 e. The van der Waals surface area contributed by atoms with Crippen molar-refractivity contribution in [1.82, 2.24) is 15.0 Å². The number of carbonyl (C=O) groups is 1. The van der Waals surface area contributed by atoms with Gasteiger partial charge >= 0.3 is 0 Å². The summed E-state index contributed by atoms with van der Waals surface area (Å²) >= 11 is 5.79. The van der Waals surface area contributed by atoms with E-state index in [0.29, 0.717) is 18.7 Å². The second-order valence-corrected chi connectivity index (χ2v) is 5.31. The molecule has 1 saturated heterocycles. The van der Waals surface area contributed by atoms with E-state index in [9.17, 15) is 9.18 Å². The molecule has 0 bridgehead atoms. The van der Waals surface area contributed by atoms with Gasteiger partial charge in [0, 0.05) is 18.8 Å². The number of likely N-dealkylation sites (tertiary alicyclic amines) is 1. The average molecular weight is 310 g/mol. The predicted octanol–water partition coefficient (Wildman–Crippen LogP) is 2.77. The summed E-state index contributed by atoms with van der Waals surface area (Å²) in [5, 5.41) is 3.75. The van der Waals surface area contributed by atoms with Crippen molar-refractivity contribution in [1.29, 1.82) is 0 Å². The maximum absolute atomic E-state index is 14.1. The van der Waals surface area contributed by atoms with Gasteiger partial charge in [0.15, 0.2) is 5.82 Å².